The molecule has 4 nitrogen and oxygen atoms in total. The van der Waals surface area contributed by atoms with Gasteiger partial charge in [0, 0.05) is 5.56 Å². The van der Waals surface area contributed by atoms with E-state index in [0.717, 1.165) is 23.3 Å². The summed E-state index contributed by atoms with van der Waals surface area (Å²) in [7, 11) is 0. The topological polar surface area (TPSA) is 52.6 Å². The number of Topliss-reactive ketones (excluding diaryl/α,β-unsaturated/α-hetero) is 1. The van der Waals surface area contributed by atoms with Crippen molar-refractivity contribution in [1.82, 2.24) is 0 Å². The van der Waals surface area contributed by atoms with Crippen molar-refractivity contribution in [3.63, 3.8) is 0 Å². The van der Waals surface area contributed by atoms with Crippen LogP contribution in [-0.2, 0) is 9.53 Å². The molecule has 0 spiro atoms. The summed E-state index contributed by atoms with van der Waals surface area (Å²) in [5.41, 5.74) is 1.93. The second-order valence-electron chi connectivity index (χ2n) is 4.33. The number of carbonyl (C=O) groups excluding carboxylic acids is 2. The van der Waals surface area contributed by atoms with Crippen molar-refractivity contribution in [2.24, 2.45) is 0 Å². The maximum absolute atomic E-state index is 11.9. The minimum Gasteiger partial charge on any atom is -0.493 e. The van der Waals surface area contributed by atoms with E-state index in [1.165, 1.54) is 0 Å². The SMILES string of the molecule is CCCOc1cc(C)c(C(=O)C(=O)OCC)cc1C. The Labute approximate surface area is 113 Å². The largest absolute Gasteiger partial charge is 0.493 e. The third-order valence-electron chi connectivity index (χ3n) is 2.69. The Morgan fingerprint density at radius 2 is 1.79 bits per heavy atom. The van der Waals surface area contributed by atoms with Crippen LogP contribution in [0.5, 0.6) is 5.75 Å². The van der Waals surface area contributed by atoms with Gasteiger partial charge in [-0.05, 0) is 50.5 Å². The number of ketones is 1. The van der Waals surface area contributed by atoms with E-state index in [4.69, 9.17) is 9.47 Å². The number of esters is 1. The van der Waals surface area contributed by atoms with E-state index in [2.05, 4.69) is 0 Å². The van der Waals surface area contributed by atoms with Crippen molar-refractivity contribution < 1.29 is 19.1 Å². The molecular weight excluding hydrogens is 244 g/mol. The Hall–Kier alpha value is -1.84. The molecule has 0 saturated heterocycles. The van der Waals surface area contributed by atoms with Gasteiger partial charge in [-0.15, -0.1) is 0 Å². The predicted octanol–water partition coefficient (Wildman–Crippen LogP) is 2.84. The maximum Gasteiger partial charge on any atom is 0.379 e. The lowest BCUT2D eigenvalue weighted by molar-refractivity contribution is -0.137. The van der Waals surface area contributed by atoms with E-state index in [9.17, 15) is 9.59 Å². The van der Waals surface area contributed by atoms with E-state index >= 15 is 0 Å². The zero-order valence-corrected chi connectivity index (χ0v) is 11.9. The molecule has 104 valence electrons. The first-order valence-corrected chi connectivity index (χ1v) is 6.46. The summed E-state index contributed by atoms with van der Waals surface area (Å²) < 4.78 is 10.3. The van der Waals surface area contributed by atoms with Crippen LogP contribution < -0.4 is 4.74 Å². The summed E-state index contributed by atoms with van der Waals surface area (Å²) in [6.07, 6.45) is 0.919. The molecule has 0 aliphatic carbocycles. The van der Waals surface area contributed by atoms with Gasteiger partial charge >= 0.3 is 5.97 Å². The minimum atomic E-state index is -0.813. The molecule has 4 heteroatoms. The quantitative estimate of drug-likeness (QED) is 0.450. The van der Waals surface area contributed by atoms with Crippen LogP contribution in [0.3, 0.4) is 0 Å². The first-order valence-electron chi connectivity index (χ1n) is 6.46. The fourth-order valence-corrected chi connectivity index (χ4v) is 1.71. The standard InChI is InChI=1S/C15H20O4/c1-5-7-19-13-9-10(3)12(8-11(13)4)14(16)15(17)18-6-2/h8-9H,5-7H2,1-4H3. The first kappa shape index (κ1) is 15.2. The third kappa shape index (κ3) is 3.81. The van der Waals surface area contributed by atoms with E-state index < -0.39 is 11.8 Å². The Morgan fingerprint density at radius 1 is 1.11 bits per heavy atom. The highest BCUT2D eigenvalue weighted by Crippen LogP contribution is 2.23. The van der Waals surface area contributed by atoms with Crippen molar-refractivity contribution in [3.8, 4) is 5.75 Å². The third-order valence-corrected chi connectivity index (χ3v) is 2.69. The molecular formula is C15H20O4. The lowest BCUT2D eigenvalue weighted by Crippen LogP contribution is -2.18. The van der Waals surface area contributed by atoms with Crippen molar-refractivity contribution in [2.45, 2.75) is 34.1 Å². The summed E-state index contributed by atoms with van der Waals surface area (Å²) in [6, 6.07) is 3.47. The summed E-state index contributed by atoms with van der Waals surface area (Å²) in [5.74, 6) is -0.670. The summed E-state index contributed by atoms with van der Waals surface area (Å²) >= 11 is 0. The summed E-state index contributed by atoms with van der Waals surface area (Å²) in [5, 5.41) is 0. The van der Waals surface area contributed by atoms with E-state index in [-0.39, 0.29) is 6.61 Å². The molecule has 1 aromatic rings. The molecule has 0 aromatic heterocycles. The van der Waals surface area contributed by atoms with Gasteiger partial charge in [-0.2, -0.15) is 0 Å². The maximum atomic E-state index is 11.9. The Bertz CT molecular complexity index is 477. The molecule has 0 bridgehead atoms. The number of benzene rings is 1. The molecule has 0 N–H and O–H groups in total. The number of carbonyl (C=O) groups is 2. The van der Waals surface area contributed by atoms with Crippen molar-refractivity contribution in [3.05, 3.63) is 28.8 Å². The van der Waals surface area contributed by atoms with Gasteiger partial charge in [0.2, 0.25) is 0 Å². The minimum absolute atomic E-state index is 0.195. The molecule has 0 radical (unpaired) electrons. The van der Waals surface area contributed by atoms with Gasteiger partial charge in [0.25, 0.3) is 5.78 Å². The molecule has 0 amide bonds. The van der Waals surface area contributed by atoms with Gasteiger partial charge in [-0.25, -0.2) is 4.79 Å². The van der Waals surface area contributed by atoms with Crippen molar-refractivity contribution >= 4 is 11.8 Å². The van der Waals surface area contributed by atoms with E-state index in [1.54, 1.807) is 26.0 Å². The zero-order valence-electron chi connectivity index (χ0n) is 11.9. The van der Waals surface area contributed by atoms with Gasteiger partial charge in [-0.3, -0.25) is 4.79 Å². The lowest BCUT2D eigenvalue weighted by atomic mass is 10.0. The van der Waals surface area contributed by atoms with Crippen LogP contribution in [0.1, 0.15) is 41.8 Å². The fourth-order valence-electron chi connectivity index (χ4n) is 1.71. The molecule has 0 aliphatic rings. The van der Waals surface area contributed by atoms with Crippen molar-refractivity contribution in [2.75, 3.05) is 13.2 Å². The number of aryl methyl sites for hydroxylation is 2. The van der Waals surface area contributed by atoms with Gasteiger partial charge in [-0.1, -0.05) is 6.92 Å². The van der Waals surface area contributed by atoms with Crippen LogP contribution in [0.2, 0.25) is 0 Å². The second kappa shape index (κ2) is 6.92. The normalized spacial score (nSPS) is 10.1. The van der Waals surface area contributed by atoms with Crippen LogP contribution in [0, 0.1) is 13.8 Å². The number of rotatable bonds is 6. The molecule has 1 rings (SSSR count). The summed E-state index contributed by atoms with van der Waals surface area (Å²) in [6.45, 7) is 8.16. The molecule has 19 heavy (non-hydrogen) atoms. The lowest BCUT2D eigenvalue weighted by Gasteiger charge is -2.12. The van der Waals surface area contributed by atoms with Crippen molar-refractivity contribution in [1.29, 1.82) is 0 Å². The Kier molecular flexibility index (Phi) is 5.55. The molecule has 0 saturated carbocycles. The fraction of sp³-hybridized carbons (Fsp3) is 0.467. The van der Waals surface area contributed by atoms with Gasteiger partial charge in [0.1, 0.15) is 5.75 Å². The van der Waals surface area contributed by atoms with E-state index in [0.29, 0.717) is 12.2 Å². The first-order chi connectivity index (χ1) is 9.01. The van der Waals surface area contributed by atoms with Crippen LogP contribution in [0.4, 0.5) is 0 Å². The zero-order chi connectivity index (χ0) is 14.4. The summed E-state index contributed by atoms with van der Waals surface area (Å²) in [4.78, 5) is 23.4. The molecule has 0 heterocycles. The van der Waals surface area contributed by atoms with Gasteiger partial charge in [0.15, 0.2) is 0 Å². The van der Waals surface area contributed by atoms with Crippen LogP contribution in [0.25, 0.3) is 0 Å². The number of ether oxygens (including phenoxy) is 2. The van der Waals surface area contributed by atoms with E-state index in [1.807, 2.05) is 13.8 Å². The number of hydrogen-bond donors (Lipinski definition) is 0. The Balaban J connectivity index is 3.01. The number of hydrogen-bond acceptors (Lipinski definition) is 4. The van der Waals surface area contributed by atoms with Gasteiger partial charge in [0.05, 0.1) is 13.2 Å². The average molecular weight is 264 g/mol. The average Bonchev–Trinajstić information content (AvgIpc) is 2.38. The van der Waals surface area contributed by atoms with Crippen LogP contribution in [-0.4, -0.2) is 25.0 Å². The van der Waals surface area contributed by atoms with Crippen LogP contribution >= 0.6 is 0 Å². The molecule has 0 fully saturated rings. The predicted molar refractivity (Wildman–Crippen MR) is 72.7 cm³/mol. The molecule has 0 aliphatic heterocycles. The van der Waals surface area contributed by atoms with Crippen LogP contribution in [0.15, 0.2) is 12.1 Å². The molecule has 0 atom stereocenters. The van der Waals surface area contributed by atoms with Gasteiger partial charge < -0.3 is 9.47 Å². The monoisotopic (exact) mass is 264 g/mol. The smallest absolute Gasteiger partial charge is 0.379 e. The highest BCUT2D eigenvalue weighted by atomic mass is 16.5. The highest BCUT2D eigenvalue weighted by molar-refractivity contribution is 6.41. The highest BCUT2D eigenvalue weighted by Gasteiger charge is 2.20. The molecule has 0 unspecified atom stereocenters. The molecule has 1 aromatic carbocycles. The Morgan fingerprint density at radius 3 is 2.37 bits per heavy atom. The second-order valence-corrected chi connectivity index (χ2v) is 4.33.